The maximum atomic E-state index is 13.4. The lowest BCUT2D eigenvalue weighted by Gasteiger charge is -2.14. The van der Waals surface area contributed by atoms with Crippen molar-refractivity contribution in [2.75, 3.05) is 26.1 Å². The predicted octanol–water partition coefficient (Wildman–Crippen LogP) is 3.37. The molecular weight excluding hydrogens is 401 g/mol. The summed E-state index contributed by atoms with van der Waals surface area (Å²) in [5.74, 6) is -0.974. The summed E-state index contributed by atoms with van der Waals surface area (Å²) in [7, 11) is 2.58. The van der Waals surface area contributed by atoms with Crippen LogP contribution >= 0.6 is 11.3 Å². The molecule has 0 radical (unpaired) electrons. The molecule has 0 saturated carbocycles. The normalized spacial score (nSPS) is 14.1. The van der Waals surface area contributed by atoms with E-state index in [1.165, 1.54) is 20.5 Å². The van der Waals surface area contributed by atoms with Gasteiger partial charge in [0.2, 0.25) is 11.8 Å². The zero-order valence-corrected chi connectivity index (χ0v) is 15.6. The number of rotatable bonds is 5. The lowest BCUT2D eigenvalue weighted by molar-refractivity contribution is -0.140. The third-order valence-electron chi connectivity index (χ3n) is 3.73. The van der Waals surface area contributed by atoms with Gasteiger partial charge in [0.05, 0.1) is 32.0 Å². The highest BCUT2D eigenvalue weighted by molar-refractivity contribution is 7.17. The van der Waals surface area contributed by atoms with Gasteiger partial charge in [0.25, 0.3) is 5.91 Å². The van der Waals surface area contributed by atoms with E-state index in [9.17, 15) is 18.0 Å². The van der Waals surface area contributed by atoms with Gasteiger partial charge < -0.3 is 14.2 Å². The summed E-state index contributed by atoms with van der Waals surface area (Å²) in [4.78, 5) is 23.7. The van der Waals surface area contributed by atoms with Crippen molar-refractivity contribution in [1.29, 1.82) is 0 Å². The minimum atomic E-state index is -4.68. The summed E-state index contributed by atoms with van der Waals surface area (Å²) in [6, 6.07) is 0. The first-order valence-electron chi connectivity index (χ1n) is 7.98. The van der Waals surface area contributed by atoms with Gasteiger partial charge in [0.1, 0.15) is 6.33 Å². The summed E-state index contributed by atoms with van der Waals surface area (Å²) in [6.45, 7) is 0.445. The molecule has 2 aromatic heterocycles. The summed E-state index contributed by atoms with van der Waals surface area (Å²) >= 11 is 0.709. The van der Waals surface area contributed by atoms with Crippen LogP contribution in [0.3, 0.4) is 0 Å². The van der Waals surface area contributed by atoms with Crippen LogP contribution in [0.25, 0.3) is 5.57 Å². The number of thiazole rings is 1. The van der Waals surface area contributed by atoms with E-state index in [2.05, 4.69) is 20.3 Å². The Kier molecular flexibility index (Phi) is 5.68. The summed E-state index contributed by atoms with van der Waals surface area (Å²) < 4.78 is 55.4. The molecule has 12 heteroatoms. The molecule has 0 fully saturated rings. The molecule has 1 aliphatic heterocycles. The number of ether oxygens (including phenoxy) is 3. The standard InChI is InChI=1S/C16H15F3N4O4S/c1-25-13-9(14(26-2)21-7-20-13)12(24)23-15-22-11(16(17,18)19)10(28-15)8-4-3-5-27-6-8/h6-7H,3-5H2,1-2H3,(H,22,23,24). The van der Waals surface area contributed by atoms with Crippen LogP contribution < -0.4 is 14.8 Å². The first-order valence-corrected chi connectivity index (χ1v) is 8.80. The van der Waals surface area contributed by atoms with E-state index in [4.69, 9.17) is 14.2 Å². The zero-order chi connectivity index (χ0) is 20.3. The average molecular weight is 416 g/mol. The van der Waals surface area contributed by atoms with E-state index in [0.29, 0.717) is 36.4 Å². The number of nitrogens with one attached hydrogen (secondary N) is 1. The molecule has 8 nitrogen and oxygen atoms in total. The van der Waals surface area contributed by atoms with Gasteiger partial charge in [-0.3, -0.25) is 10.1 Å². The Balaban J connectivity index is 1.96. The fraction of sp³-hybridized carbons (Fsp3) is 0.375. The Bertz CT molecular complexity index is 892. The number of nitrogens with zero attached hydrogens (tertiary/aromatic N) is 3. The van der Waals surface area contributed by atoms with Crippen molar-refractivity contribution in [3.8, 4) is 11.8 Å². The molecule has 1 amide bonds. The fourth-order valence-electron chi connectivity index (χ4n) is 2.53. The molecule has 0 saturated heterocycles. The van der Waals surface area contributed by atoms with Crippen molar-refractivity contribution in [1.82, 2.24) is 15.0 Å². The van der Waals surface area contributed by atoms with Crippen molar-refractivity contribution >= 4 is 27.9 Å². The van der Waals surface area contributed by atoms with Gasteiger partial charge in [0, 0.05) is 5.57 Å². The Morgan fingerprint density at radius 1 is 1.25 bits per heavy atom. The summed E-state index contributed by atoms with van der Waals surface area (Å²) in [5, 5.41) is 2.11. The number of allylic oxidation sites excluding steroid dienone is 1. The third-order valence-corrected chi connectivity index (χ3v) is 4.78. The number of hydrogen-bond donors (Lipinski definition) is 1. The molecule has 0 atom stereocenters. The van der Waals surface area contributed by atoms with E-state index >= 15 is 0 Å². The van der Waals surface area contributed by atoms with Crippen LogP contribution in [0.15, 0.2) is 12.6 Å². The molecule has 2 aromatic rings. The van der Waals surface area contributed by atoms with Crippen LogP contribution in [0, 0.1) is 0 Å². The van der Waals surface area contributed by atoms with Gasteiger partial charge in [-0.2, -0.15) is 13.2 Å². The summed E-state index contributed by atoms with van der Waals surface area (Å²) in [6.07, 6.45) is -1.23. The Labute approximate surface area is 161 Å². The van der Waals surface area contributed by atoms with Crippen molar-refractivity contribution in [3.05, 3.63) is 28.7 Å². The molecular formula is C16H15F3N4O4S. The number of amides is 1. The molecule has 3 rings (SSSR count). The summed E-state index contributed by atoms with van der Waals surface area (Å²) in [5.41, 5.74) is -0.847. The van der Waals surface area contributed by atoms with Gasteiger partial charge in [-0.1, -0.05) is 11.3 Å². The Morgan fingerprint density at radius 3 is 2.46 bits per heavy atom. The molecule has 1 N–H and O–H groups in total. The van der Waals surface area contributed by atoms with Gasteiger partial charge >= 0.3 is 6.18 Å². The number of methoxy groups -OCH3 is 2. The smallest absolute Gasteiger partial charge is 0.434 e. The first kappa shape index (κ1) is 19.9. The van der Waals surface area contributed by atoms with Gasteiger partial charge in [-0.05, 0) is 12.8 Å². The van der Waals surface area contributed by atoms with Crippen LogP contribution in [0.1, 0.15) is 33.8 Å². The topological polar surface area (TPSA) is 95.5 Å². The average Bonchev–Trinajstić information content (AvgIpc) is 3.12. The SMILES string of the molecule is COc1ncnc(OC)c1C(=O)Nc1nc(C(F)(F)F)c(C2=COCCC2)s1. The second kappa shape index (κ2) is 8.00. The van der Waals surface area contributed by atoms with Crippen molar-refractivity contribution in [2.24, 2.45) is 0 Å². The van der Waals surface area contributed by atoms with Gasteiger partial charge in [-0.15, -0.1) is 0 Å². The largest absolute Gasteiger partial charge is 0.501 e. The van der Waals surface area contributed by atoms with E-state index in [-0.39, 0.29) is 27.3 Å². The molecule has 0 spiro atoms. The third kappa shape index (κ3) is 4.01. The second-order valence-electron chi connectivity index (χ2n) is 5.53. The van der Waals surface area contributed by atoms with E-state index in [1.54, 1.807) is 0 Å². The molecule has 1 aliphatic rings. The lowest BCUT2D eigenvalue weighted by atomic mass is 10.1. The number of alkyl halides is 3. The molecule has 0 aromatic carbocycles. The highest BCUT2D eigenvalue weighted by Crippen LogP contribution is 2.41. The predicted molar refractivity (Wildman–Crippen MR) is 93.4 cm³/mol. The maximum absolute atomic E-state index is 13.4. The van der Waals surface area contributed by atoms with E-state index in [1.807, 2.05) is 0 Å². The number of aromatic nitrogens is 3. The molecule has 0 aliphatic carbocycles. The molecule has 150 valence electrons. The minimum absolute atomic E-state index is 0.0828. The molecule has 28 heavy (non-hydrogen) atoms. The van der Waals surface area contributed by atoms with Crippen LogP contribution in [0.4, 0.5) is 18.3 Å². The molecule has 0 unspecified atom stereocenters. The fourth-order valence-corrected chi connectivity index (χ4v) is 3.55. The molecule has 3 heterocycles. The number of hydrogen-bond acceptors (Lipinski definition) is 8. The molecule has 0 bridgehead atoms. The number of carbonyl (C=O) groups is 1. The number of halogens is 3. The monoisotopic (exact) mass is 416 g/mol. The van der Waals surface area contributed by atoms with Crippen LogP contribution in [0.2, 0.25) is 0 Å². The number of anilines is 1. The van der Waals surface area contributed by atoms with Crippen molar-refractivity contribution in [3.63, 3.8) is 0 Å². The highest BCUT2D eigenvalue weighted by Gasteiger charge is 2.39. The van der Waals surface area contributed by atoms with Crippen molar-refractivity contribution in [2.45, 2.75) is 19.0 Å². The van der Waals surface area contributed by atoms with Crippen molar-refractivity contribution < 1.29 is 32.2 Å². The lowest BCUT2D eigenvalue weighted by Crippen LogP contribution is -2.16. The van der Waals surface area contributed by atoms with Gasteiger partial charge in [0.15, 0.2) is 16.4 Å². The van der Waals surface area contributed by atoms with E-state index in [0.717, 1.165) is 6.33 Å². The van der Waals surface area contributed by atoms with Crippen LogP contribution in [-0.2, 0) is 10.9 Å². The first-order chi connectivity index (χ1) is 13.3. The quantitative estimate of drug-likeness (QED) is 0.798. The maximum Gasteiger partial charge on any atom is 0.434 e. The van der Waals surface area contributed by atoms with Gasteiger partial charge in [-0.25, -0.2) is 15.0 Å². The highest BCUT2D eigenvalue weighted by atomic mass is 32.1. The Hall–Kier alpha value is -2.89. The Morgan fingerprint density at radius 2 is 1.93 bits per heavy atom. The minimum Gasteiger partial charge on any atom is -0.501 e. The van der Waals surface area contributed by atoms with Crippen LogP contribution in [0.5, 0.6) is 11.8 Å². The van der Waals surface area contributed by atoms with E-state index < -0.39 is 17.8 Å². The second-order valence-corrected chi connectivity index (χ2v) is 6.53. The number of carbonyl (C=O) groups excluding carboxylic acids is 1. The zero-order valence-electron chi connectivity index (χ0n) is 14.8. The van der Waals surface area contributed by atoms with Crippen LogP contribution in [-0.4, -0.2) is 41.7 Å².